The molecule has 0 N–H and O–H groups in total. The maximum atomic E-state index is 13.0. The van der Waals surface area contributed by atoms with Crippen molar-refractivity contribution in [1.29, 1.82) is 0 Å². The molecule has 0 bridgehead atoms. The van der Waals surface area contributed by atoms with Crippen molar-refractivity contribution in [2.45, 2.75) is 62.6 Å². The molecule has 1 spiro atoms. The predicted octanol–water partition coefficient (Wildman–Crippen LogP) is 3.21. The van der Waals surface area contributed by atoms with Crippen molar-refractivity contribution < 1.29 is 14.3 Å². The van der Waals surface area contributed by atoms with Crippen LogP contribution in [0.3, 0.4) is 0 Å². The molecule has 0 amide bonds. The standard InChI is InChI=1S/C16H26O3S/c1-18-16(5-2-3-6-16)14(17)13-4-9-19-15(12-13)7-10-20-11-8-15/h13H,2-12H2,1H3. The molecule has 2 saturated heterocycles. The largest absolute Gasteiger partial charge is 0.375 e. The van der Waals surface area contributed by atoms with E-state index in [1.165, 1.54) is 11.5 Å². The first-order valence-electron chi connectivity index (χ1n) is 8.01. The molecule has 3 rings (SSSR count). The van der Waals surface area contributed by atoms with Crippen molar-refractivity contribution in [2.75, 3.05) is 25.2 Å². The van der Waals surface area contributed by atoms with Gasteiger partial charge in [0.25, 0.3) is 0 Å². The molecule has 3 aliphatic rings. The van der Waals surface area contributed by atoms with Gasteiger partial charge in [-0.15, -0.1) is 0 Å². The maximum absolute atomic E-state index is 13.0. The summed E-state index contributed by atoms with van der Waals surface area (Å²) < 4.78 is 11.8. The molecule has 1 saturated carbocycles. The van der Waals surface area contributed by atoms with Gasteiger partial charge in [0.2, 0.25) is 0 Å². The van der Waals surface area contributed by atoms with E-state index in [0.29, 0.717) is 5.78 Å². The third-order valence-corrected chi connectivity index (χ3v) is 6.50. The van der Waals surface area contributed by atoms with Crippen LogP contribution in [0.4, 0.5) is 0 Å². The van der Waals surface area contributed by atoms with Crippen LogP contribution in [0.1, 0.15) is 51.4 Å². The Labute approximate surface area is 126 Å². The number of rotatable bonds is 3. The van der Waals surface area contributed by atoms with E-state index in [0.717, 1.165) is 58.0 Å². The summed E-state index contributed by atoms with van der Waals surface area (Å²) in [6.45, 7) is 0.751. The second kappa shape index (κ2) is 5.98. The van der Waals surface area contributed by atoms with Gasteiger partial charge in [-0.3, -0.25) is 4.79 Å². The van der Waals surface area contributed by atoms with Crippen molar-refractivity contribution in [2.24, 2.45) is 5.92 Å². The van der Waals surface area contributed by atoms with Crippen molar-refractivity contribution in [3.63, 3.8) is 0 Å². The van der Waals surface area contributed by atoms with E-state index >= 15 is 0 Å². The highest BCUT2D eigenvalue weighted by molar-refractivity contribution is 7.99. The van der Waals surface area contributed by atoms with Gasteiger partial charge in [0.05, 0.1) is 5.60 Å². The minimum atomic E-state index is -0.466. The summed E-state index contributed by atoms with van der Waals surface area (Å²) in [5.74, 6) is 2.88. The number of hydrogen-bond donors (Lipinski definition) is 0. The quantitative estimate of drug-likeness (QED) is 0.801. The van der Waals surface area contributed by atoms with Gasteiger partial charge in [0.1, 0.15) is 5.60 Å². The van der Waals surface area contributed by atoms with Crippen molar-refractivity contribution in [3.05, 3.63) is 0 Å². The number of Topliss-reactive ketones (excluding diaryl/α,β-unsaturated/α-hetero) is 1. The Morgan fingerprint density at radius 2 is 1.90 bits per heavy atom. The fourth-order valence-electron chi connectivity index (χ4n) is 4.21. The van der Waals surface area contributed by atoms with E-state index in [9.17, 15) is 4.79 Å². The topological polar surface area (TPSA) is 35.5 Å². The number of carbonyl (C=O) groups is 1. The van der Waals surface area contributed by atoms with Crippen LogP contribution < -0.4 is 0 Å². The summed E-state index contributed by atoms with van der Waals surface area (Å²) >= 11 is 2.01. The van der Waals surface area contributed by atoms with Gasteiger partial charge >= 0.3 is 0 Å². The lowest BCUT2D eigenvalue weighted by Gasteiger charge is -2.44. The Bertz CT molecular complexity index is 351. The highest BCUT2D eigenvalue weighted by atomic mass is 32.2. The third kappa shape index (κ3) is 2.67. The first-order chi connectivity index (χ1) is 9.70. The van der Waals surface area contributed by atoms with Gasteiger partial charge in [0.15, 0.2) is 5.78 Å². The molecule has 0 aromatic heterocycles. The van der Waals surface area contributed by atoms with E-state index in [4.69, 9.17) is 9.47 Å². The molecule has 0 aromatic rings. The zero-order valence-electron chi connectivity index (χ0n) is 12.5. The summed E-state index contributed by atoms with van der Waals surface area (Å²) in [6, 6.07) is 0. The molecule has 3 nitrogen and oxygen atoms in total. The van der Waals surface area contributed by atoms with E-state index < -0.39 is 5.60 Å². The van der Waals surface area contributed by atoms with Gasteiger partial charge in [-0.05, 0) is 62.9 Å². The zero-order chi connectivity index (χ0) is 14.1. The van der Waals surface area contributed by atoms with E-state index in [1.54, 1.807) is 7.11 Å². The van der Waals surface area contributed by atoms with Crippen LogP contribution in [0.15, 0.2) is 0 Å². The SMILES string of the molecule is COC1(C(=O)C2CCOC3(CCSCC3)C2)CCCC1. The molecular formula is C16H26O3S. The van der Waals surface area contributed by atoms with Crippen LogP contribution in [-0.2, 0) is 14.3 Å². The molecule has 0 radical (unpaired) electrons. The van der Waals surface area contributed by atoms with Gasteiger partial charge < -0.3 is 9.47 Å². The number of thioether (sulfide) groups is 1. The highest BCUT2D eigenvalue weighted by Gasteiger charge is 2.48. The van der Waals surface area contributed by atoms with Gasteiger partial charge in [0, 0.05) is 19.6 Å². The predicted molar refractivity (Wildman–Crippen MR) is 81.2 cm³/mol. The average molecular weight is 298 g/mol. The molecule has 1 atom stereocenters. The van der Waals surface area contributed by atoms with Crippen LogP contribution in [0.2, 0.25) is 0 Å². The fourth-order valence-corrected chi connectivity index (χ4v) is 5.45. The molecule has 3 fully saturated rings. The maximum Gasteiger partial charge on any atom is 0.167 e. The highest BCUT2D eigenvalue weighted by Crippen LogP contribution is 2.43. The second-order valence-electron chi connectivity index (χ2n) is 6.60. The van der Waals surface area contributed by atoms with Gasteiger partial charge in [-0.2, -0.15) is 11.8 Å². The number of ketones is 1. The second-order valence-corrected chi connectivity index (χ2v) is 7.83. The van der Waals surface area contributed by atoms with Crippen molar-refractivity contribution in [3.8, 4) is 0 Å². The summed E-state index contributed by atoms with van der Waals surface area (Å²) in [5, 5.41) is 0. The fraction of sp³-hybridized carbons (Fsp3) is 0.938. The minimum absolute atomic E-state index is 0.00262. The smallest absolute Gasteiger partial charge is 0.167 e. The minimum Gasteiger partial charge on any atom is -0.375 e. The zero-order valence-corrected chi connectivity index (χ0v) is 13.3. The van der Waals surface area contributed by atoms with E-state index in [2.05, 4.69) is 0 Å². The van der Waals surface area contributed by atoms with Crippen LogP contribution in [0, 0.1) is 5.92 Å². The van der Waals surface area contributed by atoms with Crippen molar-refractivity contribution >= 4 is 17.5 Å². The van der Waals surface area contributed by atoms with E-state index in [1.807, 2.05) is 11.8 Å². The van der Waals surface area contributed by atoms with Gasteiger partial charge in [-0.25, -0.2) is 0 Å². The normalized spacial score (nSPS) is 32.4. The Hall–Kier alpha value is -0.0600. The number of carbonyl (C=O) groups excluding carboxylic acids is 1. The average Bonchev–Trinajstić information content (AvgIpc) is 2.97. The Balaban J connectivity index is 1.71. The summed E-state index contributed by atoms with van der Waals surface area (Å²) in [5.41, 5.74) is -0.468. The summed E-state index contributed by atoms with van der Waals surface area (Å²) in [7, 11) is 1.72. The Morgan fingerprint density at radius 1 is 1.20 bits per heavy atom. The van der Waals surface area contributed by atoms with Crippen LogP contribution in [0.5, 0.6) is 0 Å². The lowest BCUT2D eigenvalue weighted by Crippen LogP contribution is -2.49. The molecule has 114 valence electrons. The number of hydrogen-bond acceptors (Lipinski definition) is 4. The lowest BCUT2D eigenvalue weighted by atomic mass is 9.75. The first-order valence-corrected chi connectivity index (χ1v) is 9.16. The molecule has 4 heteroatoms. The third-order valence-electron chi connectivity index (χ3n) is 5.52. The van der Waals surface area contributed by atoms with Gasteiger partial charge in [-0.1, -0.05) is 0 Å². The van der Waals surface area contributed by atoms with Crippen LogP contribution in [-0.4, -0.2) is 42.2 Å². The molecular weight excluding hydrogens is 272 g/mol. The molecule has 0 aromatic carbocycles. The molecule has 2 heterocycles. The molecule has 2 aliphatic heterocycles. The lowest BCUT2D eigenvalue weighted by molar-refractivity contribution is -0.157. The number of methoxy groups -OCH3 is 1. The van der Waals surface area contributed by atoms with Crippen LogP contribution >= 0.6 is 11.8 Å². The summed E-state index contributed by atoms with van der Waals surface area (Å²) in [6.07, 6.45) is 8.14. The molecule has 1 unspecified atom stereocenters. The van der Waals surface area contributed by atoms with Crippen LogP contribution in [0.25, 0.3) is 0 Å². The van der Waals surface area contributed by atoms with Crippen molar-refractivity contribution in [1.82, 2.24) is 0 Å². The number of ether oxygens (including phenoxy) is 2. The molecule has 20 heavy (non-hydrogen) atoms. The Morgan fingerprint density at radius 3 is 2.55 bits per heavy atom. The summed E-state index contributed by atoms with van der Waals surface area (Å²) in [4.78, 5) is 13.0. The van der Waals surface area contributed by atoms with E-state index in [-0.39, 0.29) is 11.5 Å². The molecule has 1 aliphatic carbocycles. The Kier molecular flexibility index (Phi) is 4.44. The first kappa shape index (κ1) is 14.9. The monoisotopic (exact) mass is 298 g/mol.